The van der Waals surface area contributed by atoms with Crippen LogP contribution in [0.4, 0.5) is 0 Å². The van der Waals surface area contributed by atoms with Gasteiger partial charge in [0.15, 0.2) is 0 Å². The van der Waals surface area contributed by atoms with E-state index in [4.69, 9.17) is 17.2 Å². The zero-order valence-corrected chi connectivity index (χ0v) is 17.5. The standard InChI is InChI=1S/C18H34N6O6/c1-3-10(2)15(18(29)30)24-17(28)12(8-13(21)25)23-16(27)11(6-4-5-7-19)22-14(26)9-20/h10-12,15H,3-9,19-20H2,1-2H3,(H2,21,25)(H,22,26)(H,23,27)(H,24,28)(H,29,30). The summed E-state index contributed by atoms with van der Waals surface area (Å²) >= 11 is 0. The van der Waals surface area contributed by atoms with E-state index in [2.05, 4.69) is 16.0 Å². The number of carbonyl (C=O) groups excluding carboxylic acids is 4. The van der Waals surface area contributed by atoms with Gasteiger partial charge in [0.1, 0.15) is 18.1 Å². The molecule has 0 saturated heterocycles. The van der Waals surface area contributed by atoms with E-state index >= 15 is 0 Å². The summed E-state index contributed by atoms with van der Waals surface area (Å²) in [5.74, 6) is -4.63. The van der Waals surface area contributed by atoms with E-state index in [1.165, 1.54) is 0 Å². The first-order chi connectivity index (χ1) is 14.1. The monoisotopic (exact) mass is 430 g/mol. The van der Waals surface area contributed by atoms with Crippen LogP contribution in [0.15, 0.2) is 0 Å². The van der Waals surface area contributed by atoms with Crippen LogP contribution in [0.3, 0.4) is 0 Å². The zero-order valence-electron chi connectivity index (χ0n) is 17.5. The van der Waals surface area contributed by atoms with Crippen LogP contribution in [0.1, 0.15) is 46.0 Å². The molecule has 0 aromatic heterocycles. The van der Waals surface area contributed by atoms with Gasteiger partial charge in [0.2, 0.25) is 23.6 Å². The molecule has 0 saturated carbocycles. The van der Waals surface area contributed by atoms with Crippen molar-refractivity contribution in [3.05, 3.63) is 0 Å². The minimum absolute atomic E-state index is 0.240. The molecule has 10 N–H and O–H groups in total. The van der Waals surface area contributed by atoms with Crippen LogP contribution < -0.4 is 33.2 Å². The summed E-state index contributed by atoms with van der Waals surface area (Å²) in [4.78, 5) is 59.7. The highest BCUT2D eigenvalue weighted by Crippen LogP contribution is 2.09. The summed E-state index contributed by atoms with van der Waals surface area (Å²) in [5.41, 5.74) is 15.9. The minimum Gasteiger partial charge on any atom is -0.480 e. The van der Waals surface area contributed by atoms with Gasteiger partial charge in [-0.25, -0.2) is 4.79 Å². The minimum atomic E-state index is -1.40. The molecule has 0 bridgehead atoms. The highest BCUT2D eigenvalue weighted by Gasteiger charge is 2.32. The summed E-state index contributed by atoms with van der Waals surface area (Å²) in [6.07, 6.45) is 1.33. The SMILES string of the molecule is CCC(C)C(NC(=O)C(CC(N)=O)NC(=O)C(CCCCN)NC(=O)CN)C(=O)O. The molecule has 0 rings (SSSR count). The largest absolute Gasteiger partial charge is 0.480 e. The molecule has 4 atom stereocenters. The molecule has 0 aliphatic heterocycles. The van der Waals surface area contributed by atoms with E-state index in [9.17, 15) is 29.1 Å². The molecular formula is C18H34N6O6. The number of rotatable bonds is 15. The van der Waals surface area contributed by atoms with Crippen molar-refractivity contribution in [2.45, 2.75) is 64.1 Å². The van der Waals surface area contributed by atoms with Crippen LogP contribution in [-0.2, 0) is 24.0 Å². The van der Waals surface area contributed by atoms with Crippen molar-refractivity contribution >= 4 is 29.6 Å². The van der Waals surface area contributed by atoms with Crippen molar-refractivity contribution in [1.82, 2.24) is 16.0 Å². The number of carboxylic acids is 1. The predicted molar refractivity (Wildman–Crippen MR) is 109 cm³/mol. The third-order valence-corrected chi connectivity index (χ3v) is 4.60. The lowest BCUT2D eigenvalue weighted by atomic mass is 9.98. The van der Waals surface area contributed by atoms with E-state index < -0.39 is 54.1 Å². The van der Waals surface area contributed by atoms with Crippen molar-refractivity contribution in [2.24, 2.45) is 23.1 Å². The Labute approximate surface area is 175 Å². The Morgan fingerprint density at radius 2 is 1.53 bits per heavy atom. The van der Waals surface area contributed by atoms with Crippen molar-refractivity contribution in [1.29, 1.82) is 0 Å². The van der Waals surface area contributed by atoms with E-state index in [1.807, 2.05) is 0 Å². The number of carbonyl (C=O) groups is 5. The Balaban J connectivity index is 5.39. The molecule has 4 amide bonds. The molecule has 0 aliphatic rings. The molecule has 0 spiro atoms. The third kappa shape index (κ3) is 10.2. The van der Waals surface area contributed by atoms with Crippen LogP contribution in [-0.4, -0.2) is 65.9 Å². The molecular weight excluding hydrogens is 396 g/mol. The van der Waals surface area contributed by atoms with Gasteiger partial charge in [0, 0.05) is 0 Å². The van der Waals surface area contributed by atoms with Crippen molar-refractivity contribution in [3.63, 3.8) is 0 Å². The number of primary amides is 1. The number of nitrogens with two attached hydrogens (primary N) is 3. The van der Waals surface area contributed by atoms with Gasteiger partial charge in [-0.1, -0.05) is 20.3 Å². The smallest absolute Gasteiger partial charge is 0.326 e. The van der Waals surface area contributed by atoms with Gasteiger partial charge in [-0.2, -0.15) is 0 Å². The Morgan fingerprint density at radius 1 is 0.933 bits per heavy atom. The normalized spacial score (nSPS) is 14.7. The quantitative estimate of drug-likeness (QED) is 0.138. The zero-order chi connectivity index (χ0) is 23.3. The highest BCUT2D eigenvalue weighted by molar-refractivity contribution is 5.95. The first kappa shape index (κ1) is 27.3. The summed E-state index contributed by atoms with van der Waals surface area (Å²) in [6, 6.07) is -3.60. The lowest BCUT2D eigenvalue weighted by molar-refractivity contribution is -0.144. The van der Waals surface area contributed by atoms with Gasteiger partial charge in [0.05, 0.1) is 13.0 Å². The first-order valence-electron chi connectivity index (χ1n) is 9.88. The number of nitrogens with one attached hydrogen (secondary N) is 3. The summed E-state index contributed by atoms with van der Waals surface area (Å²) in [5, 5.41) is 16.5. The Morgan fingerprint density at radius 3 is 2.00 bits per heavy atom. The average Bonchev–Trinajstić information content (AvgIpc) is 2.69. The van der Waals surface area contributed by atoms with Gasteiger partial charge in [-0.15, -0.1) is 0 Å². The molecule has 0 aromatic carbocycles. The highest BCUT2D eigenvalue weighted by atomic mass is 16.4. The Bertz CT molecular complexity index is 614. The molecule has 12 heteroatoms. The van der Waals surface area contributed by atoms with Gasteiger partial charge in [-0.3, -0.25) is 19.2 Å². The molecule has 12 nitrogen and oxygen atoms in total. The topological polar surface area (TPSA) is 220 Å². The van der Waals surface area contributed by atoms with Crippen molar-refractivity contribution in [3.8, 4) is 0 Å². The average molecular weight is 431 g/mol. The van der Waals surface area contributed by atoms with Crippen molar-refractivity contribution in [2.75, 3.05) is 13.1 Å². The van der Waals surface area contributed by atoms with Crippen LogP contribution >= 0.6 is 0 Å². The van der Waals surface area contributed by atoms with Gasteiger partial charge >= 0.3 is 5.97 Å². The predicted octanol–water partition coefficient (Wildman–Crippen LogP) is -2.47. The van der Waals surface area contributed by atoms with Gasteiger partial charge in [-0.05, 0) is 31.7 Å². The molecule has 0 radical (unpaired) electrons. The molecule has 0 fully saturated rings. The number of amides is 4. The van der Waals surface area contributed by atoms with Crippen LogP contribution in [0.2, 0.25) is 0 Å². The molecule has 172 valence electrons. The number of carboxylic acid groups (broad SMARTS) is 1. The second kappa shape index (κ2) is 14.3. The maximum Gasteiger partial charge on any atom is 0.326 e. The van der Waals surface area contributed by atoms with Crippen LogP contribution in [0, 0.1) is 5.92 Å². The van der Waals surface area contributed by atoms with Gasteiger partial charge < -0.3 is 38.3 Å². The Hall–Kier alpha value is -2.73. The van der Waals surface area contributed by atoms with E-state index in [0.29, 0.717) is 25.8 Å². The van der Waals surface area contributed by atoms with E-state index in [-0.39, 0.29) is 18.9 Å². The van der Waals surface area contributed by atoms with E-state index in [0.717, 1.165) is 0 Å². The fourth-order valence-corrected chi connectivity index (χ4v) is 2.63. The molecule has 0 aromatic rings. The maximum absolute atomic E-state index is 12.6. The number of aliphatic carboxylic acids is 1. The maximum atomic E-state index is 12.6. The van der Waals surface area contributed by atoms with Crippen LogP contribution in [0.25, 0.3) is 0 Å². The lowest BCUT2D eigenvalue weighted by Crippen LogP contribution is -2.57. The summed E-state index contributed by atoms with van der Waals surface area (Å²) in [7, 11) is 0. The Kier molecular flexibility index (Phi) is 13.0. The molecule has 4 unspecified atom stereocenters. The second-order valence-corrected chi connectivity index (χ2v) is 7.05. The number of hydrogen-bond donors (Lipinski definition) is 7. The summed E-state index contributed by atoms with van der Waals surface area (Å²) < 4.78 is 0. The third-order valence-electron chi connectivity index (χ3n) is 4.60. The summed E-state index contributed by atoms with van der Waals surface area (Å²) in [6.45, 7) is 3.48. The molecule has 0 aliphatic carbocycles. The first-order valence-corrected chi connectivity index (χ1v) is 9.88. The lowest BCUT2D eigenvalue weighted by Gasteiger charge is -2.25. The van der Waals surface area contributed by atoms with E-state index in [1.54, 1.807) is 13.8 Å². The second-order valence-electron chi connectivity index (χ2n) is 7.05. The number of unbranched alkanes of at least 4 members (excludes halogenated alkanes) is 1. The van der Waals surface area contributed by atoms with Crippen LogP contribution in [0.5, 0.6) is 0 Å². The van der Waals surface area contributed by atoms with Gasteiger partial charge in [0.25, 0.3) is 0 Å². The molecule has 0 heterocycles. The fourth-order valence-electron chi connectivity index (χ4n) is 2.63. The number of hydrogen-bond acceptors (Lipinski definition) is 7. The van der Waals surface area contributed by atoms with Crippen molar-refractivity contribution < 1.29 is 29.1 Å². The fraction of sp³-hybridized carbons (Fsp3) is 0.722. The molecule has 30 heavy (non-hydrogen) atoms.